The average Bonchev–Trinajstić information content (AvgIpc) is 2.24. The van der Waals surface area contributed by atoms with Crippen molar-refractivity contribution >= 4 is 11.8 Å². The lowest BCUT2D eigenvalue weighted by Crippen LogP contribution is -2.65. The number of rotatable bonds is 3. The fourth-order valence-electron chi connectivity index (χ4n) is 2.04. The Morgan fingerprint density at radius 3 is 1.94 bits per heavy atom. The topological polar surface area (TPSA) is 161 Å². The van der Waals surface area contributed by atoms with Gasteiger partial charge in [-0.05, 0) is 6.92 Å². The number of hydrogen-bond acceptors (Lipinski definition) is 7. The highest BCUT2D eigenvalue weighted by Gasteiger charge is 2.54. The van der Waals surface area contributed by atoms with Gasteiger partial charge < -0.3 is 31.3 Å². The molecule has 0 aliphatic heterocycles. The molecule has 0 spiro atoms. The first kappa shape index (κ1) is 15.0. The van der Waals surface area contributed by atoms with Crippen LogP contribution in [-0.2, 0) is 9.59 Å². The Labute approximate surface area is 103 Å². The molecular weight excluding hydrogens is 246 g/mol. The number of aliphatic hydroxyl groups excluding tert-OH is 3. The standard InChI is InChI=1S/C10H17NO7/c1-9(11,8(16)17)7(15)10(18)2-4(12)6(14)5(13)3-10/h4-6,12-14,18H,2-3,11H2,1H3,(H,16,17)/t4-,5-,6?,9?,10?/m1/s1. The molecule has 1 aliphatic carbocycles. The Morgan fingerprint density at radius 1 is 1.22 bits per heavy atom. The lowest BCUT2D eigenvalue weighted by atomic mass is 9.72. The zero-order chi connectivity index (χ0) is 14.3. The summed E-state index contributed by atoms with van der Waals surface area (Å²) in [7, 11) is 0. The lowest BCUT2D eigenvalue weighted by molar-refractivity contribution is -0.178. The summed E-state index contributed by atoms with van der Waals surface area (Å²) in [5.74, 6) is -2.84. The molecule has 3 atom stereocenters. The molecule has 104 valence electrons. The monoisotopic (exact) mass is 263 g/mol. The van der Waals surface area contributed by atoms with Gasteiger partial charge in [0.1, 0.15) is 11.7 Å². The van der Waals surface area contributed by atoms with Gasteiger partial charge in [0, 0.05) is 12.8 Å². The molecule has 1 unspecified atom stereocenters. The van der Waals surface area contributed by atoms with E-state index < -0.39 is 54.0 Å². The highest BCUT2D eigenvalue weighted by atomic mass is 16.4. The van der Waals surface area contributed by atoms with Crippen molar-refractivity contribution < 1.29 is 35.1 Å². The second-order valence-corrected chi connectivity index (χ2v) is 4.90. The van der Waals surface area contributed by atoms with Gasteiger partial charge in [0.25, 0.3) is 0 Å². The van der Waals surface area contributed by atoms with E-state index in [-0.39, 0.29) is 0 Å². The Bertz CT molecular complexity index is 355. The summed E-state index contributed by atoms with van der Waals surface area (Å²) in [6, 6.07) is 0. The highest BCUT2D eigenvalue weighted by Crippen LogP contribution is 2.32. The van der Waals surface area contributed by atoms with Crippen LogP contribution in [-0.4, -0.2) is 66.7 Å². The van der Waals surface area contributed by atoms with Crippen molar-refractivity contribution in [3.8, 4) is 0 Å². The molecule has 0 heterocycles. The van der Waals surface area contributed by atoms with E-state index in [0.717, 1.165) is 6.92 Å². The third kappa shape index (κ3) is 2.38. The summed E-state index contributed by atoms with van der Waals surface area (Å²) >= 11 is 0. The van der Waals surface area contributed by atoms with Crippen LogP contribution in [0.4, 0.5) is 0 Å². The molecule has 1 rings (SSSR count). The van der Waals surface area contributed by atoms with Crippen LogP contribution in [0.1, 0.15) is 19.8 Å². The Balaban J connectivity index is 3.01. The lowest BCUT2D eigenvalue weighted by Gasteiger charge is -2.41. The van der Waals surface area contributed by atoms with Crippen LogP contribution in [0.25, 0.3) is 0 Å². The highest BCUT2D eigenvalue weighted by molar-refractivity contribution is 6.10. The van der Waals surface area contributed by atoms with Crippen molar-refractivity contribution in [2.45, 2.75) is 49.2 Å². The van der Waals surface area contributed by atoms with Gasteiger partial charge >= 0.3 is 5.97 Å². The Morgan fingerprint density at radius 2 is 1.61 bits per heavy atom. The number of carbonyl (C=O) groups excluding carboxylic acids is 1. The van der Waals surface area contributed by atoms with E-state index in [9.17, 15) is 30.0 Å². The first-order valence-corrected chi connectivity index (χ1v) is 5.36. The second-order valence-electron chi connectivity index (χ2n) is 4.90. The minimum Gasteiger partial charge on any atom is -0.480 e. The fraction of sp³-hybridized carbons (Fsp3) is 0.800. The molecule has 0 bridgehead atoms. The molecule has 0 aromatic carbocycles. The number of Topliss-reactive ketones (excluding diaryl/α,β-unsaturated/α-hetero) is 1. The maximum atomic E-state index is 11.9. The number of hydrogen-bond donors (Lipinski definition) is 6. The van der Waals surface area contributed by atoms with Crippen LogP contribution in [0, 0.1) is 0 Å². The van der Waals surface area contributed by atoms with Gasteiger partial charge in [0.15, 0.2) is 11.3 Å². The summed E-state index contributed by atoms with van der Waals surface area (Å²) in [5, 5.41) is 47.0. The summed E-state index contributed by atoms with van der Waals surface area (Å²) in [4.78, 5) is 22.8. The van der Waals surface area contributed by atoms with Crippen molar-refractivity contribution in [2.75, 3.05) is 0 Å². The average molecular weight is 263 g/mol. The number of carboxylic acid groups (broad SMARTS) is 1. The quantitative estimate of drug-likeness (QED) is 0.293. The van der Waals surface area contributed by atoms with Gasteiger partial charge in [-0.3, -0.25) is 4.79 Å². The van der Waals surface area contributed by atoms with E-state index in [1.54, 1.807) is 0 Å². The SMILES string of the molecule is CC(N)(C(=O)O)C(=O)C1(O)C[C@@H](O)C(O)[C@H](O)C1. The maximum absolute atomic E-state index is 11.9. The maximum Gasteiger partial charge on any atom is 0.331 e. The molecule has 0 aromatic heterocycles. The van der Waals surface area contributed by atoms with E-state index in [1.807, 2.05) is 0 Å². The molecule has 8 nitrogen and oxygen atoms in total. The number of aliphatic hydroxyl groups is 4. The number of aliphatic carboxylic acids is 1. The predicted molar refractivity (Wildman–Crippen MR) is 57.4 cm³/mol. The van der Waals surface area contributed by atoms with Crippen LogP contribution < -0.4 is 5.73 Å². The van der Waals surface area contributed by atoms with E-state index in [2.05, 4.69) is 0 Å². The van der Waals surface area contributed by atoms with Gasteiger partial charge in [0.05, 0.1) is 12.2 Å². The van der Waals surface area contributed by atoms with Crippen molar-refractivity contribution in [1.82, 2.24) is 0 Å². The van der Waals surface area contributed by atoms with Crippen LogP contribution >= 0.6 is 0 Å². The van der Waals surface area contributed by atoms with Crippen LogP contribution in [0.3, 0.4) is 0 Å². The molecule has 18 heavy (non-hydrogen) atoms. The number of nitrogens with two attached hydrogens (primary N) is 1. The third-order valence-corrected chi connectivity index (χ3v) is 3.22. The summed E-state index contributed by atoms with van der Waals surface area (Å²) in [6.07, 6.45) is -5.72. The molecule has 1 fully saturated rings. The van der Waals surface area contributed by atoms with Crippen molar-refractivity contribution in [3.05, 3.63) is 0 Å². The number of ketones is 1. The van der Waals surface area contributed by atoms with E-state index in [1.165, 1.54) is 0 Å². The fourth-order valence-corrected chi connectivity index (χ4v) is 2.04. The first-order valence-electron chi connectivity index (χ1n) is 5.36. The van der Waals surface area contributed by atoms with Gasteiger partial charge in [-0.15, -0.1) is 0 Å². The normalized spacial score (nSPS) is 40.0. The molecule has 0 saturated heterocycles. The first-order chi connectivity index (χ1) is 8.02. The minimum absolute atomic E-state index is 0.579. The van der Waals surface area contributed by atoms with Gasteiger partial charge in [-0.2, -0.15) is 0 Å². The molecule has 8 heteroatoms. The molecular formula is C10H17NO7. The molecule has 0 aromatic rings. The van der Waals surface area contributed by atoms with E-state index in [4.69, 9.17) is 10.8 Å². The van der Waals surface area contributed by atoms with Crippen LogP contribution in [0.5, 0.6) is 0 Å². The molecule has 7 N–H and O–H groups in total. The minimum atomic E-state index is -2.34. The smallest absolute Gasteiger partial charge is 0.331 e. The van der Waals surface area contributed by atoms with Gasteiger partial charge in [-0.25, -0.2) is 4.79 Å². The van der Waals surface area contributed by atoms with Gasteiger partial charge in [0.2, 0.25) is 0 Å². The van der Waals surface area contributed by atoms with Crippen LogP contribution in [0.2, 0.25) is 0 Å². The zero-order valence-electron chi connectivity index (χ0n) is 9.78. The number of carbonyl (C=O) groups is 2. The number of carboxylic acids is 1. The molecule has 0 amide bonds. The molecule has 1 saturated carbocycles. The summed E-state index contributed by atoms with van der Waals surface area (Å²) in [6.45, 7) is 0.916. The van der Waals surface area contributed by atoms with E-state index in [0.29, 0.717) is 0 Å². The van der Waals surface area contributed by atoms with Crippen molar-refractivity contribution in [2.24, 2.45) is 5.73 Å². The Hall–Kier alpha value is -1.06. The predicted octanol–water partition coefficient (Wildman–Crippen LogP) is -3.03. The Kier molecular flexibility index (Phi) is 3.80. The van der Waals surface area contributed by atoms with Crippen molar-refractivity contribution in [1.29, 1.82) is 0 Å². The zero-order valence-corrected chi connectivity index (χ0v) is 9.78. The van der Waals surface area contributed by atoms with Crippen molar-refractivity contribution in [3.63, 3.8) is 0 Å². The van der Waals surface area contributed by atoms with E-state index >= 15 is 0 Å². The molecule has 1 aliphatic rings. The second kappa shape index (κ2) is 4.56. The molecule has 0 radical (unpaired) electrons. The largest absolute Gasteiger partial charge is 0.480 e. The third-order valence-electron chi connectivity index (χ3n) is 3.22. The van der Waals surface area contributed by atoms with Crippen LogP contribution in [0.15, 0.2) is 0 Å². The summed E-state index contributed by atoms with van der Waals surface area (Å²) < 4.78 is 0. The van der Waals surface area contributed by atoms with Gasteiger partial charge in [-0.1, -0.05) is 0 Å². The summed E-state index contributed by atoms with van der Waals surface area (Å²) in [5.41, 5.74) is 0.695.